The van der Waals surface area contributed by atoms with Crippen molar-refractivity contribution in [2.24, 2.45) is 5.92 Å². The number of rotatable bonds is 7. The SMILES string of the molecule is Fc1ccc(F)c(-c2noc(-c3nnn(-c4ccccc4F)c3CNCC3CC3)n2)c1. The molecule has 1 saturated carbocycles. The fourth-order valence-corrected chi connectivity index (χ4v) is 3.26. The number of hydrogen-bond acceptors (Lipinski definition) is 6. The van der Waals surface area contributed by atoms with Crippen LogP contribution in [0.2, 0.25) is 0 Å². The number of aromatic nitrogens is 5. The highest BCUT2D eigenvalue weighted by atomic mass is 19.1. The number of nitrogens with zero attached hydrogens (tertiary/aromatic N) is 5. The lowest BCUT2D eigenvalue weighted by molar-refractivity contribution is 0.429. The Balaban J connectivity index is 1.53. The molecule has 5 rings (SSSR count). The Morgan fingerprint density at radius 3 is 2.71 bits per heavy atom. The minimum absolute atomic E-state index is 0.0236. The number of para-hydroxylation sites is 1. The molecule has 10 heteroatoms. The second-order valence-electron chi connectivity index (χ2n) is 7.37. The third-order valence-electron chi connectivity index (χ3n) is 5.06. The predicted molar refractivity (Wildman–Crippen MR) is 104 cm³/mol. The van der Waals surface area contributed by atoms with Crippen LogP contribution < -0.4 is 5.32 Å². The first-order valence-electron chi connectivity index (χ1n) is 9.80. The molecule has 4 aromatic rings. The molecular weight excluding hydrogens is 409 g/mol. The molecule has 0 radical (unpaired) electrons. The first kappa shape index (κ1) is 19.4. The van der Waals surface area contributed by atoms with Gasteiger partial charge < -0.3 is 9.84 Å². The Bertz CT molecular complexity index is 1230. The van der Waals surface area contributed by atoms with E-state index in [4.69, 9.17) is 4.52 Å². The van der Waals surface area contributed by atoms with Crippen molar-refractivity contribution in [1.82, 2.24) is 30.5 Å². The molecule has 0 saturated heterocycles. The van der Waals surface area contributed by atoms with Crippen LogP contribution in [0.4, 0.5) is 13.2 Å². The van der Waals surface area contributed by atoms with Gasteiger partial charge in [-0.05, 0) is 55.6 Å². The van der Waals surface area contributed by atoms with Crippen LogP contribution in [-0.2, 0) is 6.54 Å². The highest BCUT2D eigenvalue weighted by Gasteiger charge is 2.25. The summed E-state index contributed by atoms with van der Waals surface area (Å²) in [7, 11) is 0. The Morgan fingerprint density at radius 1 is 1.06 bits per heavy atom. The van der Waals surface area contributed by atoms with Crippen LogP contribution in [0, 0.1) is 23.4 Å². The van der Waals surface area contributed by atoms with Gasteiger partial charge in [0, 0.05) is 6.54 Å². The summed E-state index contributed by atoms with van der Waals surface area (Å²) in [5, 5.41) is 15.3. The monoisotopic (exact) mass is 426 g/mol. The Labute approximate surface area is 174 Å². The van der Waals surface area contributed by atoms with Crippen molar-refractivity contribution in [1.29, 1.82) is 0 Å². The third kappa shape index (κ3) is 3.93. The zero-order chi connectivity index (χ0) is 21.4. The van der Waals surface area contributed by atoms with Crippen molar-refractivity contribution < 1.29 is 17.7 Å². The van der Waals surface area contributed by atoms with Gasteiger partial charge in [-0.1, -0.05) is 22.5 Å². The maximum atomic E-state index is 14.4. The van der Waals surface area contributed by atoms with Crippen molar-refractivity contribution in [3.8, 4) is 28.7 Å². The van der Waals surface area contributed by atoms with Crippen LogP contribution in [0.1, 0.15) is 18.5 Å². The second-order valence-corrected chi connectivity index (χ2v) is 7.37. The van der Waals surface area contributed by atoms with Crippen LogP contribution in [0.3, 0.4) is 0 Å². The molecule has 2 aromatic carbocycles. The van der Waals surface area contributed by atoms with Crippen LogP contribution in [-0.4, -0.2) is 31.7 Å². The van der Waals surface area contributed by atoms with Crippen LogP contribution in [0.5, 0.6) is 0 Å². The van der Waals surface area contributed by atoms with E-state index in [9.17, 15) is 13.2 Å². The van der Waals surface area contributed by atoms with Gasteiger partial charge in [0.05, 0.1) is 11.3 Å². The summed E-state index contributed by atoms with van der Waals surface area (Å²) in [4.78, 5) is 4.18. The zero-order valence-corrected chi connectivity index (χ0v) is 16.2. The molecule has 2 heterocycles. The number of hydrogen-bond donors (Lipinski definition) is 1. The smallest absolute Gasteiger partial charge is 0.280 e. The molecule has 1 fully saturated rings. The summed E-state index contributed by atoms with van der Waals surface area (Å²) in [5.74, 6) is -1.29. The Morgan fingerprint density at radius 2 is 1.90 bits per heavy atom. The summed E-state index contributed by atoms with van der Waals surface area (Å²) >= 11 is 0. The minimum Gasteiger partial charge on any atom is -0.332 e. The lowest BCUT2D eigenvalue weighted by Gasteiger charge is -2.09. The predicted octanol–water partition coefficient (Wildman–Crippen LogP) is 3.90. The highest BCUT2D eigenvalue weighted by molar-refractivity contribution is 5.60. The van der Waals surface area contributed by atoms with E-state index >= 15 is 0 Å². The third-order valence-corrected chi connectivity index (χ3v) is 5.06. The molecule has 0 bridgehead atoms. The Hall–Kier alpha value is -3.53. The molecule has 31 heavy (non-hydrogen) atoms. The van der Waals surface area contributed by atoms with E-state index in [-0.39, 0.29) is 28.7 Å². The van der Waals surface area contributed by atoms with E-state index < -0.39 is 17.5 Å². The molecular formula is C21H17F3N6O. The normalized spacial score (nSPS) is 13.6. The van der Waals surface area contributed by atoms with E-state index in [0.29, 0.717) is 18.2 Å². The molecule has 0 aliphatic heterocycles. The average molecular weight is 426 g/mol. The highest BCUT2D eigenvalue weighted by Crippen LogP contribution is 2.29. The van der Waals surface area contributed by atoms with Crippen molar-refractivity contribution in [2.45, 2.75) is 19.4 Å². The zero-order valence-electron chi connectivity index (χ0n) is 16.2. The van der Waals surface area contributed by atoms with Gasteiger partial charge in [0.1, 0.15) is 23.1 Å². The number of halogens is 3. The summed E-state index contributed by atoms with van der Waals surface area (Å²) in [6, 6.07) is 9.16. The molecule has 0 unspecified atom stereocenters. The summed E-state index contributed by atoms with van der Waals surface area (Å²) < 4.78 is 48.7. The molecule has 1 N–H and O–H groups in total. The van der Waals surface area contributed by atoms with Crippen molar-refractivity contribution in [2.75, 3.05) is 6.54 Å². The van der Waals surface area contributed by atoms with Gasteiger partial charge in [-0.2, -0.15) is 4.98 Å². The summed E-state index contributed by atoms with van der Waals surface area (Å²) in [6.45, 7) is 1.14. The van der Waals surface area contributed by atoms with Gasteiger partial charge in [-0.15, -0.1) is 5.10 Å². The van der Waals surface area contributed by atoms with E-state index in [0.717, 1.165) is 24.7 Å². The lowest BCUT2D eigenvalue weighted by atomic mass is 10.2. The lowest BCUT2D eigenvalue weighted by Crippen LogP contribution is -2.19. The topological polar surface area (TPSA) is 81.7 Å². The first-order chi connectivity index (χ1) is 15.1. The molecule has 2 aromatic heterocycles. The van der Waals surface area contributed by atoms with Crippen LogP contribution in [0.15, 0.2) is 47.0 Å². The van der Waals surface area contributed by atoms with E-state index in [1.165, 1.54) is 23.6 Å². The standard InChI is InChI=1S/C21H17F3N6O/c22-13-7-8-15(23)14(9-13)20-26-21(31-28-20)19-18(11-25-10-12-5-6-12)30(29-27-19)17-4-2-1-3-16(17)24/h1-4,7-9,12,25H,5-6,10-11H2. The first-order valence-corrected chi connectivity index (χ1v) is 9.80. The number of nitrogens with one attached hydrogen (secondary N) is 1. The average Bonchev–Trinajstić information content (AvgIpc) is 3.29. The molecule has 7 nitrogen and oxygen atoms in total. The minimum atomic E-state index is -0.685. The maximum absolute atomic E-state index is 14.4. The van der Waals surface area contributed by atoms with Crippen LogP contribution in [0.25, 0.3) is 28.7 Å². The van der Waals surface area contributed by atoms with Gasteiger partial charge in [0.2, 0.25) is 5.82 Å². The van der Waals surface area contributed by atoms with Crippen molar-refractivity contribution in [3.63, 3.8) is 0 Å². The van der Waals surface area contributed by atoms with Crippen molar-refractivity contribution >= 4 is 0 Å². The van der Waals surface area contributed by atoms with E-state index in [2.05, 4.69) is 25.8 Å². The van der Waals surface area contributed by atoms with Gasteiger partial charge in [0.25, 0.3) is 5.89 Å². The fraction of sp³-hybridized carbons (Fsp3) is 0.238. The summed E-state index contributed by atoms with van der Waals surface area (Å²) in [5.41, 5.74) is 0.841. The van der Waals surface area contributed by atoms with Gasteiger partial charge in [0.15, 0.2) is 5.69 Å². The largest absolute Gasteiger partial charge is 0.332 e. The molecule has 158 valence electrons. The molecule has 1 aliphatic carbocycles. The van der Waals surface area contributed by atoms with E-state index in [1.54, 1.807) is 18.2 Å². The maximum Gasteiger partial charge on any atom is 0.280 e. The molecule has 1 aliphatic rings. The Kier molecular flexibility index (Phi) is 4.99. The molecule has 0 atom stereocenters. The van der Waals surface area contributed by atoms with Crippen molar-refractivity contribution in [3.05, 3.63) is 65.6 Å². The fourth-order valence-electron chi connectivity index (χ4n) is 3.26. The second kappa shape index (κ2) is 7.95. The molecule has 0 amide bonds. The van der Waals surface area contributed by atoms with E-state index in [1.807, 2.05) is 0 Å². The van der Waals surface area contributed by atoms with Crippen LogP contribution >= 0.6 is 0 Å². The molecule has 0 spiro atoms. The van der Waals surface area contributed by atoms with Gasteiger partial charge in [-0.25, -0.2) is 17.9 Å². The summed E-state index contributed by atoms with van der Waals surface area (Å²) in [6.07, 6.45) is 2.35. The number of benzene rings is 2. The van der Waals surface area contributed by atoms with Gasteiger partial charge in [-0.3, -0.25) is 0 Å². The van der Waals surface area contributed by atoms with Gasteiger partial charge >= 0.3 is 0 Å². The quantitative estimate of drug-likeness (QED) is 0.483.